The second-order valence-electron chi connectivity index (χ2n) is 6.52. The lowest BCUT2D eigenvalue weighted by Gasteiger charge is -2.37. The van der Waals surface area contributed by atoms with Gasteiger partial charge < -0.3 is 9.64 Å². The van der Waals surface area contributed by atoms with Crippen molar-refractivity contribution in [1.29, 1.82) is 0 Å². The van der Waals surface area contributed by atoms with Crippen LogP contribution in [0.4, 0.5) is 8.78 Å². The summed E-state index contributed by atoms with van der Waals surface area (Å²) in [6, 6.07) is 3.29. The summed E-state index contributed by atoms with van der Waals surface area (Å²) in [5, 5.41) is 0. The Morgan fingerprint density at radius 1 is 1.17 bits per heavy atom. The number of hydrogen-bond donors (Lipinski definition) is 0. The molecule has 1 atom stereocenters. The van der Waals surface area contributed by atoms with Crippen molar-refractivity contribution < 1.29 is 18.3 Å². The largest absolute Gasteiger partial charge is 0.379 e. The maximum Gasteiger partial charge on any atom is 0.257 e. The van der Waals surface area contributed by atoms with E-state index in [1.165, 1.54) is 6.07 Å². The molecule has 0 unspecified atom stereocenters. The molecule has 1 amide bonds. The van der Waals surface area contributed by atoms with E-state index in [-0.39, 0.29) is 17.5 Å². The average molecular weight is 338 g/mol. The molecule has 4 nitrogen and oxygen atoms in total. The Labute approximate surface area is 141 Å². The molecule has 0 aliphatic carbocycles. The molecule has 2 aliphatic rings. The van der Waals surface area contributed by atoms with E-state index in [4.69, 9.17) is 4.74 Å². The maximum absolute atomic E-state index is 13.9. The van der Waals surface area contributed by atoms with Crippen LogP contribution in [0.5, 0.6) is 0 Å². The van der Waals surface area contributed by atoms with Crippen LogP contribution in [0, 0.1) is 11.6 Å². The summed E-state index contributed by atoms with van der Waals surface area (Å²) in [5.41, 5.74) is -0.0327. The summed E-state index contributed by atoms with van der Waals surface area (Å²) in [4.78, 5) is 16.8. The monoisotopic (exact) mass is 338 g/mol. The minimum atomic E-state index is -0.780. The molecule has 0 radical (unpaired) electrons. The SMILES string of the molecule is O=C(c1ccc(F)cc1F)N1CCCC[C@H]1CCN1CCOCC1. The van der Waals surface area contributed by atoms with Crippen molar-refractivity contribution in [2.24, 2.45) is 0 Å². The first kappa shape index (κ1) is 17.3. The quantitative estimate of drug-likeness (QED) is 0.846. The van der Waals surface area contributed by atoms with E-state index in [1.807, 2.05) is 0 Å². The summed E-state index contributed by atoms with van der Waals surface area (Å²) < 4.78 is 32.4. The zero-order valence-corrected chi connectivity index (χ0v) is 13.8. The number of hydrogen-bond acceptors (Lipinski definition) is 3. The lowest BCUT2D eigenvalue weighted by molar-refractivity contribution is 0.0295. The number of piperidine rings is 1. The fourth-order valence-corrected chi connectivity index (χ4v) is 3.54. The minimum absolute atomic E-state index is 0.0327. The highest BCUT2D eigenvalue weighted by molar-refractivity contribution is 5.94. The zero-order chi connectivity index (χ0) is 16.9. The van der Waals surface area contributed by atoms with Crippen molar-refractivity contribution in [2.75, 3.05) is 39.4 Å². The molecule has 0 bridgehead atoms. The number of likely N-dealkylation sites (tertiary alicyclic amines) is 1. The maximum atomic E-state index is 13.9. The van der Waals surface area contributed by atoms with Crippen molar-refractivity contribution in [3.05, 3.63) is 35.4 Å². The highest BCUT2D eigenvalue weighted by Crippen LogP contribution is 2.23. The van der Waals surface area contributed by atoms with Gasteiger partial charge in [0, 0.05) is 38.3 Å². The van der Waals surface area contributed by atoms with Gasteiger partial charge in [0.1, 0.15) is 11.6 Å². The summed E-state index contributed by atoms with van der Waals surface area (Å²) >= 11 is 0. The third-order valence-corrected chi connectivity index (χ3v) is 4.93. The van der Waals surface area contributed by atoms with Gasteiger partial charge in [0.15, 0.2) is 0 Å². The summed E-state index contributed by atoms with van der Waals surface area (Å²) in [5.74, 6) is -1.76. The Morgan fingerprint density at radius 3 is 2.71 bits per heavy atom. The van der Waals surface area contributed by atoms with Gasteiger partial charge in [-0.2, -0.15) is 0 Å². The van der Waals surface area contributed by atoms with E-state index in [1.54, 1.807) is 4.90 Å². The number of nitrogens with zero attached hydrogens (tertiary/aromatic N) is 2. The van der Waals surface area contributed by atoms with Crippen LogP contribution in [0.25, 0.3) is 0 Å². The Morgan fingerprint density at radius 2 is 1.96 bits per heavy atom. The molecule has 3 rings (SSSR count). The Balaban J connectivity index is 1.65. The third-order valence-electron chi connectivity index (χ3n) is 4.93. The molecule has 2 fully saturated rings. The average Bonchev–Trinajstić information content (AvgIpc) is 2.60. The second-order valence-corrected chi connectivity index (χ2v) is 6.52. The molecule has 2 aliphatic heterocycles. The summed E-state index contributed by atoms with van der Waals surface area (Å²) in [7, 11) is 0. The van der Waals surface area contributed by atoms with Gasteiger partial charge in [-0.25, -0.2) is 8.78 Å². The lowest BCUT2D eigenvalue weighted by Crippen LogP contribution is -2.46. The van der Waals surface area contributed by atoms with Crippen molar-refractivity contribution in [3.8, 4) is 0 Å². The van der Waals surface area contributed by atoms with Gasteiger partial charge in [-0.05, 0) is 37.8 Å². The number of amides is 1. The van der Waals surface area contributed by atoms with Crippen LogP contribution in [0.2, 0.25) is 0 Å². The van der Waals surface area contributed by atoms with Crippen LogP contribution in [0.15, 0.2) is 18.2 Å². The molecule has 1 aromatic rings. The molecule has 24 heavy (non-hydrogen) atoms. The molecule has 2 saturated heterocycles. The highest BCUT2D eigenvalue weighted by atomic mass is 19.1. The molecule has 1 aromatic carbocycles. The normalized spacial score (nSPS) is 22.6. The van der Waals surface area contributed by atoms with Crippen molar-refractivity contribution in [1.82, 2.24) is 9.80 Å². The summed E-state index contributed by atoms with van der Waals surface area (Å²) in [6.07, 6.45) is 3.85. The molecule has 0 spiro atoms. The Bertz CT molecular complexity index is 576. The third kappa shape index (κ3) is 4.11. The number of carbonyl (C=O) groups excluding carboxylic acids is 1. The molecule has 132 valence electrons. The number of benzene rings is 1. The molecular weight excluding hydrogens is 314 g/mol. The molecule has 0 aromatic heterocycles. The van der Waals surface area contributed by atoms with E-state index in [0.29, 0.717) is 6.54 Å². The number of ether oxygens (including phenoxy) is 1. The van der Waals surface area contributed by atoms with E-state index < -0.39 is 11.6 Å². The van der Waals surface area contributed by atoms with E-state index >= 15 is 0 Å². The molecule has 6 heteroatoms. The topological polar surface area (TPSA) is 32.8 Å². The smallest absolute Gasteiger partial charge is 0.257 e. The van der Waals surface area contributed by atoms with Crippen LogP contribution in [0.3, 0.4) is 0 Å². The van der Waals surface area contributed by atoms with Gasteiger partial charge in [-0.15, -0.1) is 0 Å². The van der Waals surface area contributed by atoms with Gasteiger partial charge >= 0.3 is 0 Å². The Hall–Kier alpha value is -1.53. The van der Waals surface area contributed by atoms with Crippen LogP contribution < -0.4 is 0 Å². The van der Waals surface area contributed by atoms with Crippen LogP contribution in [-0.4, -0.2) is 61.1 Å². The summed E-state index contributed by atoms with van der Waals surface area (Å²) in [6.45, 7) is 4.93. The van der Waals surface area contributed by atoms with Gasteiger partial charge in [-0.1, -0.05) is 0 Å². The van der Waals surface area contributed by atoms with Gasteiger partial charge in [0.25, 0.3) is 5.91 Å². The first-order valence-corrected chi connectivity index (χ1v) is 8.71. The van der Waals surface area contributed by atoms with Crippen LogP contribution in [0.1, 0.15) is 36.0 Å². The predicted molar refractivity (Wildman–Crippen MR) is 86.9 cm³/mol. The Kier molecular flexibility index (Phi) is 5.79. The van der Waals surface area contributed by atoms with Crippen molar-refractivity contribution in [2.45, 2.75) is 31.7 Å². The standard InChI is InChI=1S/C18H24F2N2O2/c19-14-4-5-16(17(20)13-14)18(23)22-7-2-1-3-15(22)6-8-21-9-11-24-12-10-21/h4-5,13,15H,1-3,6-12H2/t15-/m0/s1. The van der Waals surface area contributed by atoms with Crippen molar-refractivity contribution in [3.63, 3.8) is 0 Å². The number of rotatable bonds is 4. The van der Waals surface area contributed by atoms with Gasteiger partial charge in [0.2, 0.25) is 0 Å². The number of halogens is 2. The molecule has 0 N–H and O–H groups in total. The van der Waals surface area contributed by atoms with E-state index in [0.717, 1.165) is 70.7 Å². The minimum Gasteiger partial charge on any atom is -0.379 e. The van der Waals surface area contributed by atoms with Crippen molar-refractivity contribution >= 4 is 5.91 Å². The first-order chi connectivity index (χ1) is 11.6. The molecular formula is C18H24F2N2O2. The highest BCUT2D eigenvalue weighted by Gasteiger charge is 2.29. The second kappa shape index (κ2) is 8.03. The predicted octanol–water partition coefficient (Wildman–Crippen LogP) is 2.68. The van der Waals surface area contributed by atoms with Crippen LogP contribution >= 0.6 is 0 Å². The van der Waals surface area contributed by atoms with E-state index in [2.05, 4.69) is 4.90 Å². The lowest BCUT2D eigenvalue weighted by atomic mass is 9.97. The number of carbonyl (C=O) groups is 1. The fourth-order valence-electron chi connectivity index (χ4n) is 3.54. The zero-order valence-electron chi connectivity index (χ0n) is 13.8. The van der Waals surface area contributed by atoms with Crippen LogP contribution in [-0.2, 0) is 4.74 Å². The van der Waals surface area contributed by atoms with E-state index in [9.17, 15) is 13.6 Å². The van der Waals surface area contributed by atoms with Gasteiger partial charge in [-0.3, -0.25) is 9.69 Å². The molecule has 0 saturated carbocycles. The van der Waals surface area contributed by atoms with Gasteiger partial charge in [0.05, 0.1) is 18.8 Å². The number of morpholine rings is 1. The fraction of sp³-hybridized carbons (Fsp3) is 0.611. The molecule has 2 heterocycles. The first-order valence-electron chi connectivity index (χ1n) is 8.71.